The highest BCUT2D eigenvalue weighted by molar-refractivity contribution is 7.92. The topological polar surface area (TPSA) is 93.7 Å². The summed E-state index contributed by atoms with van der Waals surface area (Å²) < 4.78 is 51.9. The van der Waals surface area contributed by atoms with Crippen LogP contribution in [-0.2, 0) is 16.6 Å². The summed E-state index contributed by atoms with van der Waals surface area (Å²) in [6.45, 7) is 2.93. The Bertz CT molecular complexity index is 1260. The van der Waals surface area contributed by atoms with Crippen molar-refractivity contribution in [2.24, 2.45) is 0 Å². The maximum atomic E-state index is 13.1. The number of amides is 1. The van der Waals surface area contributed by atoms with Gasteiger partial charge in [0.2, 0.25) is 0 Å². The second kappa shape index (κ2) is 8.88. The van der Waals surface area contributed by atoms with E-state index in [1.165, 1.54) is 24.3 Å². The maximum absolute atomic E-state index is 13.1. The van der Waals surface area contributed by atoms with Crippen molar-refractivity contribution < 1.29 is 27.1 Å². The molecular formula is C23H21FN2O5S. The van der Waals surface area contributed by atoms with E-state index < -0.39 is 21.7 Å². The third-order valence-corrected chi connectivity index (χ3v) is 6.30. The number of sulfonamides is 1. The monoisotopic (exact) mass is 456 g/mol. The molecule has 0 radical (unpaired) electrons. The van der Waals surface area contributed by atoms with Crippen LogP contribution in [0.25, 0.3) is 0 Å². The highest BCUT2D eigenvalue weighted by Crippen LogP contribution is 2.30. The maximum Gasteiger partial charge on any atom is 0.261 e. The van der Waals surface area contributed by atoms with Crippen molar-refractivity contribution in [2.75, 3.05) is 17.9 Å². The van der Waals surface area contributed by atoms with E-state index in [4.69, 9.17) is 9.47 Å². The van der Waals surface area contributed by atoms with E-state index in [0.29, 0.717) is 30.3 Å². The molecule has 1 heterocycles. The average molecular weight is 456 g/mol. The molecule has 0 saturated heterocycles. The molecule has 1 aliphatic heterocycles. The van der Waals surface area contributed by atoms with Crippen LogP contribution in [0, 0.1) is 12.7 Å². The predicted octanol–water partition coefficient (Wildman–Crippen LogP) is 3.64. The van der Waals surface area contributed by atoms with E-state index in [0.717, 1.165) is 17.7 Å². The number of anilines is 1. The lowest BCUT2D eigenvalue weighted by Gasteiger charge is -2.19. The van der Waals surface area contributed by atoms with Crippen molar-refractivity contribution in [2.45, 2.75) is 18.4 Å². The number of hydrogen-bond donors (Lipinski definition) is 2. The van der Waals surface area contributed by atoms with Gasteiger partial charge in [-0.2, -0.15) is 0 Å². The SMILES string of the molecule is Cc1ccc(S(=O)(=O)Nc2ccc(F)cc2)cc1C(=O)NCc1ccc2c(c1)OCCO2. The molecule has 2 N–H and O–H groups in total. The van der Waals surface area contributed by atoms with Crippen molar-refractivity contribution in [1.29, 1.82) is 0 Å². The Morgan fingerprint density at radius 1 is 0.969 bits per heavy atom. The van der Waals surface area contributed by atoms with Gasteiger partial charge in [0.25, 0.3) is 15.9 Å². The number of benzene rings is 3. The summed E-state index contributed by atoms with van der Waals surface area (Å²) in [5.74, 6) is 0.407. The standard InChI is InChI=1S/C23H21FN2O5S/c1-15-2-8-19(32(28,29)26-18-6-4-17(24)5-7-18)13-20(15)23(27)25-14-16-3-9-21-22(12-16)31-11-10-30-21/h2-9,12-13,26H,10-11,14H2,1H3,(H,25,27). The molecule has 0 spiro atoms. The fraction of sp³-hybridized carbons (Fsp3) is 0.174. The molecule has 0 aliphatic carbocycles. The van der Waals surface area contributed by atoms with Gasteiger partial charge in [0.1, 0.15) is 19.0 Å². The third-order valence-electron chi connectivity index (χ3n) is 4.92. The second-order valence-corrected chi connectivity index (χ2v) is 8.93. The van der Waals surface area contributed by atoms with Gasteiger partial charge in [0, 0.05) is 17.8 Å². The van der Waals surface area contributed by atoms with Gasteiger partial charge in [-0.15, -0.1) is 0 Å². The van der Waals surface area contributed by atoms with Crippen molar-refractivity contribution in [1.82, 2.24) is 5.32 Å². The number of aryl methyl sites for hydroxylation is 1. The van der Waals surface area contributed by atoms with Crippen molar-refractivity contribution in [3.63, 3.8) is 0 Å². The molecule has 7 nitrogen and oxygen atoms in total. The summed E-state index contributed by atoms with van der Waals surface area (Å²) in [5, 5.41) is 2.81. The van der Waals surface area contributed by atoms with Gasteiger partial charge in [0.05, 0.1) is 4.90 Å². The molecule has 4 rings (SSSR count). The molecule has 0 bridgehead atoms. The Morgan fingerprint density at radius 3 is 2.44 bits per heavy atom. The minimum Gasteiger partial charge on any atom is -0.486 e. The highest BCUT2D eigenvalue weighted by atomic mass is 32.2. The van der Waals surface area contributed by atoms with E-state index in [9.17, 15) is 17.6 Å². The van der Waals surface area contributed by atoms with E-state index in [2.05, 4.69) is 10.0 Å². The lowest BCUT2D eigenvalue weighted by molar-refractivity contribution is 0.0950. The average Bonchev–Trinajstić information content (AvgIpc) is 2.79. The first kappa shape index (κ1) is 21.6. The lowest BCUT2D eigenvalue weighted by atomic mass is 10.1. The molecule has 9 heteroatoms. The minimum atomic E-state index is -3.96. The molecule has 0 atom stereocenters. The highest BCUT2D eigenvalue weighted by Gasteiger charge is 2.19. The molecule has 32 heavy (non-hydrogen) atoms. The van der Waals surface area contributed by atoms with E-state index in [1.54, 1.807) is 25.1 Å². The summed E-state index contributed by atoms with van der Waals surface area (Å²) in [4.78, 5) is 12.7. The largest absolute Gasteiger partial charge is 0.486 e. The van der Waals surface area contributed by atoms with Gasteiger partial charge in [-0.3, -0.25) is 9.52 Å². The summed E-state index contributed by atoms with van der Waals surface area (Å²) in [5.41, 5.74) is 1.91. The number of ether oxygens (including phenoxy) is 2. The fourth-order valence-corrected chi connectivity index (χ4v) is 4.30. The Kier molecular flexibility index (Phi) is 6.00. The van der Waals surface area contributed by atoms with Crippen LogP contribution in [0.2, 0.25) is 0 Å². The van der Waals surface area contributed by atoms with Crippen LogP contribution in [-0.4, -0.2) is 27.5 Å². The summed E-state index contributed by atoms with van der Waals surface area (Å²) in [6, 6.07) is 14.7. The molecule has 0 saturated carbocycles. The van der Waals surface area contributed by atoms with Crippen LogP contribution in [0.1, 0.15) is 21.5 Å². The molecule has 166 valence electrons. The minimum absolute atomic E-state index is 0.0723. The van der Waals surface area contributed by atoms with E-state index in [-0.39, 0.29) is 22.7 Å². The quantitative estimate of drug-likeness (QED) is 0.591. The molecule has 0 aromatic heterocycles. The Balaban J connectivity index is 1.49. The fourth-order valence-electron chi connectivity index (χ4n) is 3.22. The lowest BCUT2D eigenvalue weighted by Crippen LogP contribution is -2.24. The number of nitrogens with one attached hydrogen (secondary N) is 2. The summed E-state index contributed by atoms with van der Waals surface area (Å²) in [7, 11) is -3.96. The molecule has 0 unspecified atom stereocenters. The first-order valence-corrected chi connectivity index (χ1v) is 11.4. The number of fused-ring (bicyclic) bond motifs is 1. The molecule has 1 aliphatic rings. The van der Waals surface area contributed by atoms with Gasteiger partial charge in [-0.05, 0) is 66.6 Å². The van der Waals surface area contributed by atoms with Gasteiger partial charge in [-0.25, -0.2) is 12.8 Å². The molecule has 0 fully saturated rings. The van der Waals surface area contributed by atoms with Crippen molar-refractivity contribution in [3.05, 3.63) is 83.2 Å². The van der Waals surface area contributed by atoms with Crippen molar-refractivity contribution in [3.8, 4) is 11.5 Å². The number of hydrogen-bond acceptors (Lipinski definition) is 5. The predicted molar refractivity (Wildman–Crippen MR) is 117 cm³/mol. The van der Waals surface area contributed by atoms with Crippen LogP contribution >= 0.6 is 0 Å². The molecular weight excluding hydrogens is 435 g/mol. The van der Waals surface area contributed by atoms with Crippen LogP contribution in [0.15, 0.2) is 65.6 Å². The molecule has 3 aromatic carbocycles. The van der Waals surface area contributed by atoms with Gasteiger partial charge in [-0.1, -0.05) is 12.1 Å². The Morgan fingerprint density at radius 2 is 1.69 bits per heavy atom. The van der Waals surface area contributed by atoms with Gasteiger partial charge >= 0.3 is 0 Å². The normalized spacial score (nSPS) is 12.8. The van der Waals surface area contributed by atoms with Crippen LogP contribution in [0.3, 0.4) is 0 Å². The summed E-state index contributed by atoms with van der Waals surface area (Å²) in [6.07, 6.45) is 0. The van der Waals surface area contributed by atoms with E-state index >= 15 is 0 Å². The smallest absolute Gasteiger partial charge is 0.261 e. The number of rotatable bonds is 6. The third kappa shape index (κ3) is 4.83. The van der Waals surface area contributed by atoms with E-state index in [1.807, 2.05) is 6.07 Å². The second-order valence-electron chi connectivity index (χ2n) is 7.25. The zero-order chi connectivity index (χ0) is 22.7. The van der Waals surface area contributed by atoms with Crippen molar-refractivity contribution >= 4 is 21.6 Å². The van der Waals surface area contributed by atoms with Crippen LogP contribution in [0.4, 0.5) is 10.1 Å². The number of carbonyl (C=O) groups excluding carboxylic acids is 1. The first-order valence-electron chi connectivity index (χ1n) is 9.87. The van der Waals surface area contributed by atoms with Crippen LogP contribution in [0.5, 0.6) is 11.5 Å². The van der Waals surface area contributed by atoms with Gasteiger partial charge < -0.3 is 14.8 Å². The number of halogens is 1. The molecule has 3 aromatic rings. The molecule has 1 amide bonds. The van der Waals surface area contributed by atoms with Gasteiger partial charge in [0.15, 0.2) is 11.5 Å². The first-order chi connectivity index (χ1) is 15.3. The number of carbonyl (C=O) groups is 1. The Hall–Kier alpha value is -3.59. The zero-order valence-corrected chi connectivity index (χ0v) is 18.0. The van der Waals surface area contributed by atoms with Crippen LogP contribution < -0.4 is 19.5 Å². The Labute approximate surface area is 185 Å². The summed E-state index contributed by atoms with van der Waals surface area (Å²) >= 11 is 0. The zero-order valence-electron chi connectivity index (χ0n) is 17.2.